The van der Waals surface area contributed by atoms with Crippen molar-refractivity contribution in [1.29, 1.82) is 0 Å². The second-order valence-electron chi connectivity index (χ2n) is 7.33. The second-order valence-corrected chi connectivity index (χ2v) is 7.73. The Morgan fingerprint density at radius 1 is 0.971 bits per heavy atom. The average molecular weight is 482 g/mol. The highest BCUT2D eigenvalue weighted by Gasteiger charge is 2.30. The Morgan fingerprint density at radius 2 is 1.79 bits per heavy atom. The minimum Gasteiger partial charge on any atom is -0.348 e. The smallest absolute Gasteiger partial charge is 0.348 e. The van der Waals surface area contributed by atoms with Crippen LogP contribution in [-0.4, -0.2) is 29.9 Å². The molecule has 5 rings (SSSR count). The highest BCUT2D eigenvalue weighted by molar-refractivity contribution is 6.33. The third kappa shape index (κ3) is 4.53. The van der Waals surface area contributed by atoms with E-state index in [2.05, 4.69) is 35.2 Å². The molecule has 0 amide bonds. The largest absolute Gasteiger partial charge is 0.416 e. The zero-order valence-corrected chi connectivity index (χ0v) is 18.1. The molecule has 34 heavy (non-hydrogen) atoms. The second kappa shape index (κ2) is 8.71. The van der Waals surface area contributed by atoms with Crippen LogP contribution in [0.25, 0.3) is 22.3 Å². The monoisotopic (exact) mass is 481 g/mol. The van der Waals surface area contributed by atoms with Gasteiger partial charge in [-0.3, -0.25) is 4.98 Å². The van der Waals surface area contributed by atoms with E-state index in [0.29, 0.717) is 56.9 Å². The number of hydrogen-bond donors (Lipinski definition) is 2. The van der Waals surface area contributed by atoms with Crippen LogP contribution in [0, 0.1) is 0 Å². The van der Waals surface area contributed by atoms with Gasteiger partial charge in [0.1, 0.15) is 17.2 Å². The predicted molar refractivity (Wildman–Crippen MR) is 122 cm³/mol. The molecule has 7 nitrogen and oxygen atoms in total. The topological polar surface area (TPSA) is 92.3 Å². The van der Waals surface area contributed by atoms with E-state index < -0.39 is 11.7 Å². The molecule has 0 atom stereocenters. The van der Waals surface area contributed by atoms with Crippen molar-refractivity contribution in [2.24, 2.45) is 0 Å². The molecule has 4 aromatic heterocycles. The maximum atomic E-state index is 12.9. The molecule has 5 aromatic rings. The van der Waals surface area contributed by atoms with E-state index in [1.165, 1.54) is 12.1 Å². The number of halogens is 4. The normalized spacial score (nSPS) is 11.6. The summed E-state index contributed by atoms with van der Waals surface area (Å²) in [5.41, 5.74) is 1.88. The Hall–Kier alpha value is -4.05. The summed E-state index contributed by atoms with van der Waals surface area (Å²) >= 11 is 6.29. The summed E-state index contributed by atoms with van der Waals surface area (Å²) in [6.45, 7) is 0. The van der Waals surface area contributed by atoms with Crippen LogP contribution in [0.2, 0.25) is 5.02 Å². The molecule has 0 spiro atoms. The van der Waals surface area contributed by atoms with Gasteiger partial charge in [0.25, 0.3) is 0 Å². The molecule has 0 radical (unpaired) electrons. The van der Waals surface area contributed by atoms with Crippen LogP contribution in [0.1, 0.15) is 17.2 Å². The molecule has 0 aliphatic heterocycles. The number of H-pyrrole nitrogens is 1. The number of fused-ring (bicyclic) bond motifs is 1. The molecular formula is C23H15ClF3N7. The number of alkyl halides is 3. The lowest BCUT2D eigenvalue weighted by Crippen LogP contribution is -2.06. The first-order valence-electron chi connectivity index (χ1n) is 10.1. The quantitative estimate of drug-likeness (QED) is 0.329. The molecule has 0 aliphatic rings. The lowest BCUT2D eigenvalue weighted by atomic mass is 10.1. The number of benzene rings is 1. The van der Waals surface area contributed by atoms with Crippen molar-refractivity contribution >= 4 is 34.1 Å². The van der Waals surface area contributed by atoms with Crippen molar-refractivity contribution < 1.29 is 13.2 Å². The van der Waals surface area contributed by atoms with Crippen molar-refractivity contribution in [2.75, 3.05) is 5.32 Å². The van der Waals surface area contributed by atoms with Gasteiger partial charge in [-0.1, -0.05) is 11.6 Å². The number of aromatic amines is 1. The first-order valence-corrected chi connectivity index (χ1v) is 10.4. The molecule has 0 saturated heterocycles. The molecule has 0 unspecified atom stereocenters. The molecule has 1 aromatic carbocycles. The van der Waals surface area contributed by atoms with Crippen molar-refractivity contribution in [1.82, 2.24) is 29.9 Å². The number of nitrogens with zero attached hydrogens (tertiary/aromatic N) is 5. The molecule has 2 N–H and O–H groups in total. The summed E-state index contributed by atoms with van der Waals surface area (Å²) in [4.78, 5) is 25.2. The number of rotatable bonds is 5. The Labute approximate surface area is 196 Å². The molecule has 0 bridgehead atoms. The van der Waals surface area contributed by atoms with Gasteiger partial charge >= 0.3 is 6.18 Å². The summed E-state index contributed by atoms with van der Waals surface area (Å²) in [5.74, 6) is 1.46. The molecule has 0 fully saturated rings. The fraction of sp³-hybridized carbons (Fsp3) is 0.0870. The third-order valence-electron chi connectivity index (χ3n) is 4.97. The van der Waals surface area contributed by atoms with Crippen LogP contribution in [0.4, 0.5) is 24.7 Å². The Kier molecular flexibility index (Phi) is 5.58. The molecule has 0 aliphatic carbocycles. The van der Waals surface area contributed by atoms with Gasteiger partial charge in [0.2, 0.25) is 0 Å². The maximum absolute atomic E-state index is 12.9. The van der Waals surface area contributed by atoms with Crippen LogP contribution < -0.4 is 5.32 Å². The highest BCUT2D eigenvalue weighted by Crippen LogP contribution is 2.32. The zero-order chi connectivity index (χ0) is 23.7. The number of hydrogen-bond acceptors (Lipinski definition) is 6. The van der Waals surface area contributed by atoms with Gasteiger partial charge in [0, 0.05) is 36.0 Å². The fourth-order valence-electron chi connectivity index (χ4n) is 3.38. The summed E-state index contributed by atoms with van der Waals surface area (Å²) in [6, 6.07) is 9.94. The van der Waals surface area contributed by atoms with Crippen molar-refractivity contribution in [3.8, 4) is 11.3 Å². The molecular weight excluding hydrogens is 467 g/mol. The van der Waals surface area contributed by atoms with Crippen LogP contribution in [0.15, 0.2) is 67.3 Å². The van der Waals surface area contributed by atoms with E-state index in [4.69, 9.17) is 11.6 Å². The van der Waals surface area contributed by atoms with Crippen molar-refractivity contribution in [3.05, 3.63) is 89.5 Å². The number of imidazole rings is 1. The number of aromatic nitrogens is 6. The van der Waals surface area contributed by atoms with Gasteiger partial charge in [-0.25, -0.2) is 19.9 Å². The zero-order valence-electron chi connectivity index (χ0n) is 17.3. The first-order chi connectivity index (χ1) is 16.4. The van der Waals surface area contributed by atoms with E-state index in [-0.39, 0.29) is 0 Å². The highest BCUT2D eigenvalue weighted by atomic mass is 35.5. The van der Waals surface area contributed by atoms with Gasteiger partial charge < -0.3 is 10.3 Å². The van der Waals surface area contributed by atoms with E-state index >= 15 is 0 Å². The van der Waals surface area contributed by atoms with Crippen LogP contribution in [0.5, 0.6) is 0 Å². The minimum absolute atomic E-state index is 0.319. The van der Waals surface area contributed by atoms with E-state index in [0.717, 1.165) is 12.1 Å². The van der Waals surface area contributed by atoms with Gasteiger partial charge in [-0.15, -0.1) is 0 Å². The third-order valence-corrected chi connectivity index (χ3v) is 5.27. The molecule has 4 heterocycles. The summed E-state index contributed by atoms with van der Waals surface area (Å²) in [6.07, 6.45) is 2.45. The first kappa shape index (κ1) is 21.8. The van der Waals surface area contributed by atoms with Crippen LogP contribution in [-0.2, 0) is 12.6 Å². The van der Waals surface area contributed by atoms with Gasteiger partial charge in [-0.2, -0.15) is 13.2 Å². The number of anilines is 2. The number of nitrogens with one attached hydrogen (secondary N) is 2. The Bertz CT molecular complexity index is 1450. The van der Waals surface area contributed by atoms with Crippen LogP contribution in [0.3, 0.4) is 0 Å². The van der Waals surface area contributed by atoms with Gasteiger partial charge in [0.15, 0.2) is 5.82 Å². The van der Waals surface area contributed by atoms with Gasteiger partial charge in [-0.05, 0) is 42.5 Å². The lowest BCUT2D eigenvalue weighted by Gasteiger charge is -2.12. The van der Waals surface area contributed by atoms with Crippen LogP contribution >= 0.6 is 11.6 Å². The van der Waals surface area contributed by atoms with Crippen molar-refractivity contribution in [2.45, 2.75) is 12.6 Å². The summed E-state index contributed by atoms with van der Waals surface area (Å²) in [7, 11) is 0. The standard InChI is InChI=1S/C23H15ClF3N7/c24-16-2-1-7-30-20(16)13-10-17-21(31-12-13)22(34-19(33-17)11-18-28-8-9-29-18)32-15-5-3-14(4-6-15)23(25,26)27/h1-10,12H,11H2,(H,28,29)(H,32,33,34). The SMILES string of the molecule is FC(F)(F)c1ccc(Nc2nc(Cc3ncc[nH]3)nc3cc(-c4ncccc4Cl)cnc23)cc1. The summed E-state index contributed by atoms with van der Waals surface area (Å²) in [5, 5.41) is 3.53. The predicted octanol–water partition coefficient (Wildman–Crippen LogP) is 5.82. The van der Waals surface area contributed by atoms with E-state index in [1.807, 2.05) is 0 Å². The minimum atomic E-state index is -4.42. The molecule has 11 heteroatoms. The Balaban J connectivity index is 1.58. The van der Waals surface area contributed by atoms with E-state index in [9.17, 15) is 13.2 Å². The van der Waals surface area contributed by atoms with Gasteiger partial charge in [0.05, 0.1) is 28.2 Å². The van der Waals surface area contributed by atoms with E-state index in [1.54, 1.807) is 43.0 Å². The fourth-order valence-corrected chi connectivity index (χ4v) is 3.62. The van der Waals surface area contributed by atoms with Crippen molar-refractivity contribution in [3.63, 3.8) is 0 Å². The summed E-state index contributed by atoms with van der Waals surface area (Å²) < 4.78 is 38.8. The Morgan fingerprint density at radius 3 is 2.50 bits per heavy atom. The lowest BCUT2D eigenvalue weighted by molar-refractivity contribution is -0.137. The molecule has 0 saturated carbocycles. The number of pyridine rings is 2. The average Bonchev–Trinajstić information content (AvgIpc) is 3.32. The molecule has 170 valence electrons. The maximum Gasteiger partial charge on any atom is 0.416 e.